The van der Waals surface area contributed by atoms with E-state index in [0.717, 1.165) is 6.42 Å². The number of hydrogen-bond acceptors (Lipinski definition) is 8. The Morgan fingerprint density at radius 2 is 2.12 bits per heavy atom. The summed E-state index contributed by atoms with van der Waals surface area (Å²) in [5.74, 6) is 0.647. The SMILES string of the molecule is COC(=O)C1CCCN1c1nccc2c([N+](=O)[O-])cc(OC)c(OC)c12. The summed E-state index contributed by atoms with van der Waals surface area (Å²) in [7, 11) is 4.21. The molecule has 1 aliphatic rings. The second-order valence-corrected chi connectivity index (χ2v) is 5.82. The van der Waals surface area contributed by atoms with E-state index in [1.807, 2.05) is 0 Å². The Morgan fingerprint density at radius 3 is 2.73 bits per heavy atom. The molecule has 1 aliphatic heterocycles. The number of pyridine rings is 1. The van der Waals surface area contributed by atoms with Gasteiger partial charge in [-0.1, -0.05) is 0 Å². The molecule has 26 heavy (non-hydrogen) atoms. The number of aromatic nitrogens is 1. The van der Waals surface area contributed by atoms with Gasteiger partial charge in [-0.15, -0.1) is 0 Å². The van der Waals surface area contributed by atoms with Crippen LogP contribution in [-0.4, -0.2) is 49.8 Å². The molecule has 0 aliphatic carbocycles. The summed E-state index contributed by atoms with van der Waals surface area (Å²) in [6.45, 7) is 0.583. The van der Waals surface area contributed by atoms with Crippen LogP contribution in [0.2, 0.25) is 0 Å². The quantitative estimate of drug-likeness (QED) is 0.454. The van der Waals surface area contributed by atoms with Crippen molar-refractivity contribution in [3.63, 3.8) is 0 Å². The molecule has 9 heteroatoms. The third kappa shape index (κ3) is 2.75. The molecule has 0 bridgehead atoms. The van der Waals surface area contributed by atoms with Gasteiger partial charge in [0.05, 0.1) is 43.1 Å². The van der Waals surface area contributed by atoms with E-state index in [1.165, 1.54) is 33.6 Å². The molecule has 1 fully saturated rings. The minimum absolute atomic E-state index is 0.116. The van der Waals surface area contributed by atoms with E-state index >= 15 is 0 Å². The number of benzene rings is 1. The average molecular weight is 361 g/mol. The molecule has 138 valence electrons. The van der Waals surface area contributed by atoms with Gasteiger partial charge in [0.1, 0.15) is 11.9 Å². The van der Waals surface area contributed by atoms with Crippen molar-refractivity contribution in [3.8, 4) is 11.5 Å². The molecule has 0 spiro atoms. The lowest BCUT2D eigenvalue weighted by atomic mass is 10.1. The molecular formula is C17H19N3O6. The van der Waals surface area contributed by atoms with Crippen LogP contribution in [0, 0.1) is 10.1 Å². The van der Waals surface area contributed by atoms with Gasteiger partial charge in [0.2, 0.25) is 0 Å². The third-order valence-corrected chi connectivity index (χ3v) is 4.54. The van der Waals surface area contributed by atoms with Gasteiger partial charge in [-0.3, -0.25) is 10.1 Å². The molecule has 9 nitrogen and oxygen atoms in total. The Hall–Kier alpha value is -3.10. The number of non-ortho nitro benzene ring substituents is 1. The average Bonchev–Trinajstić information content (AvgIpc) is 3.14. The lowest BCUT2D eigenvalue weighted by Gasteiger charge is -2.25. The first kappa shape index (κ1) is 17.7. The zero-order valence-corrected chi connectivity index (χ0v) is 14.7. The van der Waals surface area contributed by atoms with Crippen molar-refractivity contribution in [2.45, 2.75) is 18.9 Å². The first-order chi connectivity index (χ1) is 12.5. The number of hydrogen-bond donors (Lipinski definition) is 0. The molecule has 0 radical (unpaired) electrons. The van der Waals surface area contributed by atoms with Crippen molar-refractivity contribution in [2.24, 2.45) is 0 Å². The molecule has 0 amide bonds. The highest BCUT2D eigenvalue weighted by Gasteiger charge is 2.35. The fourth-order valence-corrected chi connectivity index (χ4v) is 3.40. The van der Waals surface area contributed by atoms with Gasteiger partial charge < -0.3 is 19.1 Å². The van der Waals surface area contributed by atoms with Gasteiger partial charge in [0.25, 0.3) is 5.69 Å². The summed E-state index contributed by atoms with van der Waals surface area (Å²) in [6.07, 6.45) is 2.90. The Bertz CT molecular complexity index is 869. The summed E-state index contributed by atoms with van der Waals surface area (Å²) < 4.78 is 15.6. The van der Waals surface area contributed by atoms with E-state index in [4.69, 9.17) is 14.2 Å². The molecular weight excluding hydrogens is 342 g/mol. The minimum Gasteiger partial charge on any atom is -0.493 e. The maximum absolute atomic E-state index is 12.1. The smallest absolute Gasteiger partial charge is 0.328 e. The van der Waals surface area contributed by atoms with Crippen LogP contribution in [0.25, 0.3) is 10.8 Å². The van der Waals surface area contributed by atoms with E-state index in [9.17, 15) is 14.9 Å². The minimum atomic E-state index is -0.493. The molecule has 2 aromatic rings. The van der Waals surface area contributed by atoms with Crippen LogP contribution in [0.1, 0.15) is 12.8 Å². The van der Waals surface area contributed by atoms with E-state index in [-0.39, 0.29) is 17.4 Å². The lowest BCUT2D eigenvalue weighted by Crippen LogP contribution is -2.37. The van der Waals surface area contributed by atoms with Gasteiger partial charge in [-0.2, -0.15) is 0 Å². The fourth-order valence-electron chi connectivity index (χ4n) is 3.40. The second kappa shape index (κ2) is 7.03. The highest BCUT2D eigenvalue weighted by atomic mass is 16.6. The number of ether oxygens (including phenoxy) is 3. The Balaban J connectivity index is 2.31. The number of anilines is 1. The maximum atomic E-state index is 12.1. The fraction of sp³-hybridized carbons (Fsp3) is 0.412. The number of methoxy groups -OCH3 is 3. The maximum Gasteiger partial charge on any atom is 0.328 e. The number of carbonyl (C=O) groups is 1. The van der Waals surface area contributed by atoms with Crippen molar-refractivity contribution in [1.29, 1.82) is 0 Å². The van der Waals surface area contributed by atoms with E-state index in [2.05, 4.69) is 4.98 Å². The van der Waals surface area contributed by atoms with Crippen molar-refractivity contribution in [3.05, 3.63) is 28.4 Å². The normalized spacial score (nSPS) is 16.6. The van der Waals surface area contributed by atoms with Gasteiger partial charge in [-0.25, -0.2) is 9.78 Å². The largest absolute Gasteiger partial charge is 0.493 e. The van der Waals surface area contributed by atoms with Crippen LogP contribution < -0.4 is 14.4 Å². The van der Waals surface area contributed by atoms with Gasteiger partial charge in [0.15, 0.2) is 11.5 Å². The first-order valence-electron chi connectivity index (χ1n) is 8.06. The zero-order chi connectivity index (χ0) is 18.8. The number of nitrogens with zero attached hydrogens (tertiary/aromatic N) is 3. The molecule has 1 aromatic heterocycles. The summed E-state index contributed by atoms with van der Waals surface area (Å²) in [5, 5.41) is 12.3. The predicted molar refractivity (Wildman–Crippen MR) is 93.9 cm³/mol. The summed E-state index contributed by atoms with van der Waals surface area (Å²) in [6, 6.07) is 2.39. The second-order valence-electron chi connectivity index (χ2n) is 5.82. The summed E-state index contributed by atoms with van der Waals surface area (Å²) >= 11 is 0. The molecule has 1 saturated heterocycles. The van der Waals surface area contributed by atoms with Crippen molar-refractivity contribution < 1.29 is 23.9 Å². The van der Waals surface area contributed by atoms with Gasteiger partial charge in [-0.05, 0) is 18.9 Å². The van der Waals surface area contributed by atoms with Crippen LogP contribution >= 0.6 is 0 Å². The number of esters is 1. The highest BCUT2D eigenvalue weighted by Crippen LogP contribution is 2.45. The Labute approximate surface area is 149 Å². The van der Waals surface area contributed by atoms with Crippen LogP contribution in [-0.2, 0) is 9.53 Å². The predicted octanol–water partition coefficient (Wildman–Crippen LogP) is 2.30. The standard InChI is InChI=1S/C17H19N3O6/c1-24-13-9-12(20(22)23)10-6-7-18-16(14(10)15(13)25-2)19-8-4-5-11(19)17(21)26-3/h6-7,9,11H,4-5,8H2,1-3H3. The molecule has 2 heterocycles. The van der Waals surface area contributed by atoms with Crippen LogP contribution in [0.4, 0.5) is 11.5 Å². The molecule has 0 saturated carbocycles. The van der Waals surface area contributed by atoms with Crippen molar-refractivity contribution >= 4 is 28.2 Å². The molecule has 1 atom stereocenters. The summed E-state index contributed by atoms with van der Waals surface area (Å²) in [5.41, 5.74) is -0.116. The number of nitro groups is 1. The monoisotopic (exact) mass is 361 g/mol. The van der Waals surface area contributed by atoms with Crippen molar-refractivity contribution in [1.82, 2.24) is 4.98 Å². The zero-order valence-electron chi connectivity index (χ0n) is 14.7. The van der Waals surface area contributed by atoms with E-state index in [0.29, 0.717) is 35.3 Å². The lowest BCUT2D eigenvalue weighted by molar-refractivity contribution is -0.383. The Kier molecular flexibility index (Phi) is 4.79. The topological polar surface area (TPSA) is 104 Å². The molecule has 3 rings (SSSR count). The number of fused-ring (bicyclic) bond motifs is 1. The van der Waals surface area contributed by atoms with Gasteiger partial charge >= 0.3 is 5.97 Å². The van der Waals surface area contributed by atoms with Gasteiger partial charge in [0, 0.05) is 12.7 Å². The number of carbonyl (C=O) groups excluding carboxylic acids is 1. The molecule has 0 N–H and O–H groups in total. The highest BCUT2D eigenvalue weighted by molar-refractivity contribution is 6.05. The van der Waals surface area contributed by atoms with E-state index in [1.54, 1.807) is 11.0 Å². The number of rotatable bonds is 5. The molecule has 1 unspecified atom stereocenters. The number of nitro benzene ring substituents is 1. The van der Waals surface area contributed by atoms with Crippen LogP contribution in [0.3, 0.4) is 0 Å². The first-order valence-corrected chi connectivity index (χ1v) is 8.06. The van der Waals surface area contributed by atoms with Crippen LogP contribution in [0.5, 0.6) is 11.5 Å². The van der Waals surface area contributed by atoms with E-state index < -0.39 is 11.0 Å². The Morgan fingerprint density at radius 1 is 1.35 bits per heavy atom. The molecule has 1 aromatic carbocycles. The third-order valence-electron chi connectivity index (χ3n) is 4.54. The van der Waals surface area contributed by atoms with Crippen LogP contribution in [0.15, 0.2) is 18.3 Å². The summed E-state index contributed by atoms with van der Waals surface area (Å²) in [4.78, 5) is 29.4. The van der Waals surface area contributed by atoms with Crippen molar-refractivity contribution in [2.75, 3.05) is 32.8 Å².